The Morgan fingerprint density at radius 1 is 1.11 bits per heavy atom. The average molecular weight is 709 g/mol. The molecule has 0 bridgehead atoms. The van der Waals surface area contributed by atoms with Crippen molar-refractivity contribution in [3.05, 3.63) is 84.3 Å². The summed E-state index contributed by atoms with van der Waals surface area (Å²) in [7, 11) is 0. The molecule has 0 unspecified atom stereocenters. The third-order valence-corrected chi connectivity index (χ3v) is 8.61. The Kier molecular flexibility index (Phi) is 9.06. The van der Waals surface area contributed by atoms with Gasteiger partial charge in [-0.05, 0) is 72.1 Å². The Morgan fingerprint density at radius 3 is 2.57 bits per heavy atom. The van der Waals surface area contributed by atoms with Crippen molar-refractivity contribution in [1.82, 2.24) is 14.5 Å². The number of hydrogen-bond donors (Lipinski definition) is 0. The highest BCUT2D eigenvalue weighted by Crippen LogP contribution is 2.40. The summed E-state index contributed by atoms with van der Waals surface area (Å²) in [4.78, 5) is 35.0. The zero-order chi connectivity index (χ0) is 31.9. The molecular weight excluding hydrogens is 683 g/mol. The summed E-state index contributed by atoms with van der Waals surface area (Å²) in [6.07, 6.45) is -4.58. The van der Waals surface area contributed by atoms with Gasteiger partial charge in [-0.3, -0.25) is 14.3 Å². The van der Waals surface area contributed by atoms with Gasteiger partial charge in [0, 0.05) is 31.7 Å². The fourth-order valence-electron chi connectivity index (χ4n) is 4.72. The lowest BCUT2D eigenvalue weighted by Crippen LogP contribution is -2.27. The molecule has 0 saturated carbocycles. The van der Waals surface area contributed by atoms with Crippen molar-refractivity contribution in [2.75, 3.05) is 13.2 Å². The first kappa shape index (κ1) is 31.9. The molecule has 0 amide bonds. The Hall–Kier alpha value is -3.48. The second-order valence-corrected chi connectivity index (χ2v) is 12.8. The highest BCUT2D eigenvalue weighted by atomic mass is 79.9. The molecule has 0 atom stereocenters. The molecule has 0 aliphatic rings. The standard InChI is InChI=1S/C31H26BrClF3N3O4S/c1-15(2)13-43-30(41)22-14-44-28-21(9-16(3)37-27(22)28)20-12-19(33)5-6-25(20)42-8-7-39-17(4)38-24-11-18(31(34,35)36)10-23(32)26(24)29(39)40/h5-6,9-12,14-15H,7-8,13H2,1-4H3. The van der Waals surface area contributed by atoms with Crippen LogP contribution in [0.25, 0.3) is 32.2 Å². The van der Waals surface area contributed by atoms with Crippen molar-refractivity contribution in [3.8, 4) is 16.9 Å². The number of halogens is 5. The molecule has 230 valence electrons. The molecule has 0 radical (unpaired) electrons. The first-order chi connectivity index (χ1) is 20.7. The van der Waals surface area contributed by atoms with E-state index in [1.54, 1.807) is 30.5 Å². The highest BCUT2D eigenvalue weighted by Gasteiger charge is 2.32. The van der Waals surface area contributed by atoms with Crippen molar-refractivity contribution in [2.24, 2.45) is 5.92 Å². The van der Waals surface area contributed by atoms with Crippen LogP contribution >= 0.6 is 38.9 Å². The monoisotopic (exact) mass is 707 g/mol. The smallest absolute Gasteiger partial charge is 0.416 e. The predicted octanol–water partition coefficient (Wildman–Crippen LogP) is 8.62. The molecule has 13 heteroatoms. The number of rotatable bonds is 8. The second kappa shape index (κ2) is 12.5. The van der Waals surface area contributed by atoms with Crippen molar-refractivity contribution in [2.45, 2.75) is 40.4 Å². The van der Waals surface area contributed by atoms with E-state index in [0.717, 1.165) is 22.4 Å². The molecule has 5 aromatic rings. The molecule has 44 heavy (non-hydrogen) atoms. The van der Waals surface area contributed by atoms with Crippen LogP contribution < -0.4 is 10.3 Å². The van der Waals surface area contributed by atoms with Crippen molar-refractivity contribution in [1.29, 1.82) is 0 Å². The van der Waals surface area contributed by atoms with Gasteiger partial charge in [0.1, 0.15) is 18.2 Å². The largest absolute Gasteiger partial charge is 0.491 e. The van der Waals surface area contributed by atoms with Crippen LogP contribution in [0, 0.1) is 19.8 Å². The number of thiophene rings is 1. The number of fused-ring (bicyclic) bond motifs is 2. The van der Waals surface area contributed by atoms with Crippen molar-refractivity contribution >= 4 is 66.0 Å². The van der Waals surface area contributed by atoms with Gasteiger partial charge in [-0.15, -0.1) is 11.3 Å². The number of ether oxygens (including phenoxy) is 2. The number of carbonyl (C=O) groups excluding carboxylic acids is 1. The van der Waals surface area contributed by atoms with Gasteiger partial charge in [-0.1, -0.05) is 25.4 Å². The van der Waals surface area contributed by atoms with Crippen LogP contribution in [0.5, 0.6) is 5.75 Å². The third kappa shape index (κ3) is 6.47. The van der Waals surface area contributed by atoms with Crippen molar-refractivity contribution < 1.29 is 27.4 Å². The predicted molar refractivity (Wildman–Crippen MR) is 169 cm³/mol. The summed E-state index contributed by atoms with van der Waals surface area (Å²) in [6.45, 7) is 7.72. The number of hydrogen-bond acceptors (Lipinski definition) is 7. The van der Waals surface area contributed by atoms with Crippen LogP contribution in [0.4, 0.5) is 13.2 Å². The van der Waals surface area contributed by atoms with E-state index >= 15 is 0 Å². The topological polar surface area (TPSA) is 83.3 Å². The maximum atomic E-state index is 13.3. The minimum Gasteiger partial charge on any atom is -0.491 e. The van der Waals surface area contributed by atoms with E-state index < -0.39 is 23.3 Å². The third-order valence-electron chi connectivity index (χ3n) is 6.75. The van der Waals surface area contributed by atoms with E-state index in [1.165, 1.54) is 15.9 Å². The molecule has 0 fully saturated rings. The lowest BCUT2D eigenvalue weighted by molar-refractivity contribution is -0.137. The number of nitrogens with zero attached hydrogens (tertiary/aromatic N) is 3. The molecule has 7 nitrogen and oxygen atoms in total. The molecule has 3 aromatic heterocycles. The average Bonchev–Trinajstić information content (AvgIpc) is 3.36. The van der Waals surface area contributed by atoms with Crippen molar-refractivity contribution in [3.63, 3.8) is 0 Å². The summed E-state index contributed by atoms with van der Waals surface area (Å²) >= 11 is 10.9. The maximum absolute atomic E-state index is 13.3. The van der Waals surface area contributed by atoms with Crippen LogP contribution in [-0.2, 0) is 17.5 Å². The number of benzene rings is 2. The van der Waals surface area contributed by atoms with Gasteiger partial charge in [0.25, 0.3) is 5.56 Å². The summed E-state index contributed by atoms with van der Waals surface area (Å²) in [5.74, 6) is 0.474. The molecule has 2 aromatic carbocycles. The Bertz CT molecular complexity index is 1970. The first-order valence-electron chi connectivity index (χ1n) is 13.5. The molecular formula is C31H26BrClF3N3O4S. The van der Waals surface area contributed by atoms with E-state index in [1.807, 2.05) is 26.8 Å². The van der Waals surface area contributed by atoms with Gasteiger partial charge >= 0.3 is 12.1 Å². The van der Waals surface area contributed by atoms with E-state index in [9.17, 15) is 22.8 Å². The molecule has 0 aliphatic carbocycles. The normalized spacial score (nSPS) is 12.0. The molecule has 0 saturated heterocycles. The molecule has 0 spiro atoms. The van der Waals surface area contributed by atoms with E-state index in [4.69, 9.17) is 21.1 Å². The number of esters is 1. The Labute approximate surface area is 267 Å². The summed E-state index contributed by atoms with van der Waals surface area (Å²) in [5.41, 5.74) is 1.58. The van der Waals surface area contributed by atoms with Gasteiger partial charge < -0.3 is 9.47 Å². The van der Waals surface area contributed by atoms with Gasteiger partial charge in [0.2, 0.25) is 0 Å². The maximum Gasteiger partial charge on any atom is 0.416 e. The summed E-state index contributed by atoms with van der Waals surface area (Å²) < 4.78 is 53.7. The zero-order valence-corrected chi connectivity index (χ0v) is 27.2. The number of aryl methyl sites for hydroxylation is 2. The molecule has 3 heterocycles. The molecule has 5 rings (SSSR count). The van der Waals surface area contributed by atoms with Crippen LogP contribution in [0.3, 0.4) is 0 Å². The SMILES string of the molecule is Cc1cc(-c2cc(Cl)ccc2OCCn2c(C)nc3cc(C(F)(F)F)cc(Br)c3c2=O)c2scc(C(=O)OCC(C)C)c2n1. The lowest BCUT2D eigenvalue weighted by atomic mass is 10.0. The van der Waals surface area contributed by atoms with Crippen LogP contribution in [0.2, 0.25) is 5.02 Å². The summed E-state index contributed by atoms with van der Waals surface area (Å²) in [5, 5.41) is 2.24. The van der Waals surface area contributed by atoms with Crippen LogP contribution in [0.1, 0.15) is 41.3 Å². The first-order valence-corrected chi connectivity index (χ1v) is 15.6. The molecule has 0 aliphatic heterocycles. The highest BCUT2D eigenvalue weighted by molar-refractivity contribution is 9.10. The number of carbonyl (C=O) groups is 1. The number of alkyl halides is 3. The van der Waals surface area contributed by atoms with Gasteiger partial charge in [0.05, 0.1) is 45.4 Å². The van der Waals surface area contributed by atoms with Crippen LogP contribution in [0.15, 0.2) is 51.0 Å². The molecule has 0 N–H and O–H groups in total. The minimum absolute atomic E-state index is 0.00922. The Balaban J connectivity index is 1.46. The summed E-state index contributed by atoms with van der Waals surface area (Å²) in [6, 6.07) is 8.78. The lowest BCUT2D eigenvalue weighted by Gasteiger charge is -2.16. The Morgan fingerprint density at radius 2 is 1.86 bits per heavy atom. The van der Waals surface area contributed by atoms with Gasteiger partial charge in [-0.2, -0.15) is 13.2 Å². The van der Waals surface area contributed by atoms with Gasteiger partial charge in [-0.25, -0.2) is 9.78 Å². The fourth-order valence-corrected chi connectivity index (χ4v) is 6.52. The van der Waals surface area contributed by atoms with E-state index in [-0.39, 0.29) is 40.3 Å². The second-order valence-electron chi connectivity index (χ2n) is 10.6. The quantitative estimate of drug-likeness (QED) is 0.150. The fraction of sp³-hybridized carbons (Fsp3) is 0.290. The van der Waals surface area contributed by atoms with Gasteiger partial charge in [0.15, 0.2) is 0 Å². The zero-order valence-electron chi connectivity index (χ0n) is 24.0. The number of pyridine rings is 1. The van der Waals surface area contributed by atoms with Crippen LogP contribution in [-0.4, -0.2) is 33.7 Å². The van der Waals surface area contributed by atoms with E-state index in [0.29, 0.717) is 39.7 Å². The number of aromatic nitrogens is 3. The minimum atomic E-state index is -4.58. The van der Waals surface area contributed by atoms with E-state index in [2.05, 4.69) is 25.9 Å².